The molecule has 0 aromatic heterocycles. The van der Waals surface area contributed by atoms with E-state index in [2.05, 4.69) is 22.9 Å². The minimum absolute atomic E-state index is 0.00560. The molecule has 2 aliphatic rings. The van der Waals surface area contributed by atoms with E-state index in [1.807, 2.05) is 0 Å². The van der Waals surface area contributed by atoms with Crippen molar-refractivity contribution in [3.05, 3.63) is 0 Å². The average Bonchev–Trinajstić information content (AvgIpc) is 2.63. The summed E-state index contributed by atoms with van der Waals surface area (Å²) in [4.78, 5) is 23.8. The van der Waals surface area contributed by atoms with Crippen molar-refractivity contribution in [3.8, 4) is 0 Å². The highest BCUT2D eigenvalue weighted by atomic mass is 16.2. The number of carbonyl (C=O) groups excluding carboxylic acids is 2. The first kappa shape index (κ1) is 12.4. The van der Waals surface area contributed by atoms with Gasteiger partial charge in [0.1, 0.15) is 6.04 Å². The van der Waals surface area contributed by atoms with Gasteiger partial charge in [0.25, 0.3) is 0 Å². The molecule has 0 spiro atoms. The molecule has 96 valence electrons. The molecular weight excluding hydrogens is 218 g/mol. The van der Waals surface area contributed by atoms with Crippen LogP contribution in [0.2, 0.25) is 0 Å². The molecule has 2 amide bonds. The molecular formula is C12H21N3O2. The molecule has 3 N–H and O–H groups in total. The highest BCUT2D eigenvalue weighted by Crippen LogP contribution is 2.16. The Morgan fingerprint density at radius 3 is 2.88 bits per heavy atom. The van der Waals surface area contributed by atoms with Gasteiger partial charge in [-0.15, -0.1) is 0 Å². The van der Waals surface area contributed by atoms with Gasteiger partial charge >= 0.3 is 0 Å². The van der Waals surface area contributed by atoms with Crippen molar-refractivity contribution in [1.82, 2.24) is 16.0 Å². The van der Waals surface area contributed by atoms with Crippen LogP contribution in [-0.2, 0) is 9.59 Å². The Hall–Kier alpha value is -1.10. The van der Waals surface area contributed by atoms with Crippen molar-refractivity contribution in [3.63, 3.8) is 0 Å². The maximum Gasteiger partial charge on any atom is 0.242 e. The lowest BCUT2D eigenvalue weighted by atomic mass is 9.96. The number of rotatable bonds is 2. The van der Waals surface area contributed by atoms with Gasteiger partial charge in [-0.3, -0.25) is 9.59 Å². The van der Waals surface area contributed by atoms with Crippen LogP contribution in [0.3, 0.4) is 0 Å². The molecule has 2 fully saturated rings. The van der Waals surface area contributed by atoms with Gasteiger partial charge in [-0.05, 0) is 31.7 Å². The van der Waals surface area contributed by atoms with Crippen molar-refractivity contribution in [2.75, 3.05) is 19.6 Å². The summed E-state index contributed by atoms with van der Waals surface area (Å²) in [7, 11) is 0. The molecule has 0 aliphatic carbocycles. The Morgan fingerprint density at radius 1 is 1.35 bits per heavy atom. The first-order chi connectivity index (χ1) is 8.18. The quantitative estimate of drug-likeness (QED) is 0.615. The maximum atomic E-state index is 12.1. The van der Waals surface area contributed by atoms with Crippen LogP contribution in [0.25, 0.3) is 0 Å². The Balaban J connectivity index is 1.90. The third kappa shape index (κ3) is 2.97. The number of hydrogen-bond acceptors (Lipinski definition) is 3. The molecule has 17 heavy (non-hydrogen) atoms. The second-order valence-corrected chi connectivity index (χ2v) is 5.09. The van der Waals surface area contributed by atoms with Crippen LogP contribution in [-0.4, -0.2) is 37.5 Å². The molecule has 0 aromatic carbocycles. The fourth-order valence-electron chi connectivity index (χ4n) is 2.52. The minimum Gasteiger partial charge on any atom is -0.354 e. The summed E-state index contributed by atoms with van der Waals surface area (Å²) >= 11 is 0. The van der Waals surface area contributed by atoms with E-state index in [4.69, 9.17) is 0 Å². The minimum atomic E-state index is -0.335. The van der Waals surface area contributed by atoms with Gasteiger partial charge in [0.15, 0.2) is 0 Å². The van der Waals surface area contributed by atoms with E-state index >= 15 is 0 Å². The van der Waals surface area contributed by atoms with Crippen LogP contribution in [0.4, 0.5) is 0 Å². The van der Waals surface area contributed by atoms with Crippen LogP contribution >= 0.6 is 0 Å². The Kier molecular flexibility index (Phi) is 3.99. The number of nitrogens with one attached hydrogen (secondary N) is 3. The van der Waals surface area contributed by atoms with Gasteiger partial charge in [-0.1, -0.05) is 6.92 Å². The zero-order valence-corrected chi connectivity index (χ0v) is 10.3. The molecule has 2 rings (SSSR count). The fraction of sp³-hybridized carbons (Fsp3) is 0.833. The molecule has 3 unspecified atom stereocenters. The van der Waals surface area contributed by atoms with Gasteiger partial charge < -0.3 is 16.0 Å². The number of amides is 2. The van der Waals surface area contributed by atoms with Gasteiger partial charge in [-0.2, -0.15) is 0 Å². The summed E-state index contributed by atoms with van der Waals surface area (Å²) in [6.07, 6.45) is 2.74. The molecule has 5 heteroatoms. The predicted octanol–water partition coefficient (Wildman–Crippen LogP) is -0.373. The predicted molar refractivity (Wildman–Crippen MR) is 64.3 cm³/mol. The van der Waals surface area contributed by atoms with E-state index in [-0.39, 0.29) is 23.8 Å². The van der Waals surface area contributed by atoms with E-state index in [1.54, 1.807) is 0 Å². The first-order valence-electron chi connectivity index (χ1n) is 6.47. The van der Waals surface area contributed by atoms with Crippen molar-refractivity contribution >= 4 is 11.8 Å². The van der Waals surface area contributed by atoms with E-state index in [0.29, 0.717) is 5.92 Å². The zero-order chi connectivity index (χ0) is 12.3. The van der Waals surface area contributed by atoms with E-state index in [1.165, 1.54) is 0 Å². The summed E-state index contributed by atoms with van der Waals surface area (Å²) in [5, 5.41) is 8.92. The monoisotopic (exact) mass is 239 g/mol. The van der Waals surface area contributed by atoms with Crippen LogP contribution in [0.1, 0.15) is 26.2 Å². The van der Waals surface area contributed by atoms with Gasteiger partial charge in [0.2, 0.25) is 11.8 Å². The lowest BCUT2D eigenvalue weighted by Gasteiger charge is -2.19. The molecule has 0 radical (unpaired) electrons. The number of carbonyl (C=O) groups is 2. The molecule has 2 aliphatic heterocycles. The molecule has 5 nitrogen and oxygen atoms in total. The lowest BCUT2D eigenvalue weighted by molar-refractivity contribution is -0.131. The molecule has 0 aromatic rings. The Bertz CT molecular complexity index is 306. The van der Waals surface area contributed by atoms with Crippen molar-refractivity contribution in [2.24, 2.45) is 11.8 Å². The third-order valence-electron chi connectivity index (χ3n) is 3.71. The molecule has 3 atom stereocenters. The van der Waals surface area contributed by atoms with Crippen molar-refractivity contribution in [2.45, 2.75) is 32.2 Å². The second kappa shape index (κ2) is 5.49. The van der Waals surface area contributed by atoms with E-state index < -0.39 is 0 Å². The molecule has 2 saturated heterocycles. The third-order valence-corrected chi connectivity index (χ3v) is 3.71. The normalized spacial score (nSPS) is 33.9. The van der Waals surface area contributed by atoms with Crippen molar-refractivity contribution < 1.29 is 9.59 Å². The average molecular weight is 239 g/mol. The molecule has 0 bridgehead atoms. The zero-order valence-electron chi connectivity index (χ0n) is 10.3. The summed E-state index contributed by atoms with van der Waals surface area (Å²) in [6.45, 7) is 4.40. The lowest BCUT2D eigenvalue weighted by Crippen LogP contribution is -2.48. The van der Waals surface area contributed by atoms with Crippen LogP contribution in [0.5, 0.6) is 0 Å². The van der Waals surface area contributed by atoms with E-state index in [0.717, 1.165) is 38.9 Å². The van der Waals surface area contributed by atoms with Gasteiger partial charge in [-0.25, -0.2) is 0 Å². The van der Waals surface area contributed by atoms with Gasteiger partial charge in [0, 0.05) is 13.1 Å². The molecule has 2 heterocycles. The summed E-state index contributed by atoms with van der Waals surface area (Å²) < 4.78 is 0. The maximum absolute atomic E-state index is 12.1. The smallest absolute Gasteiger partial charge is 0.242 e. The van der Waals surface area contributed by atoms with Crippen molar-refractivity contribution in [1.29, 1.82) is 0 Å². The summed E-state index contributed by atoms with van der Waals surface area (Å²) in [5.74, 6) is 0.342. The SMILES string of the molecule is CC1CNCC1C(=O)NC1CCCCNC1=O. The highest BCUT2D eigenvalue weighted by Gasteiger charge is 2.32. The molecule has 0 saturated carbocycles. The van der Waals surface area contributed by atoms with E-state index in [9.17, 15) is 9.59 Å². The van der Waals surface area contributed by atoms with Crippen LogP contribution < -0.4 is 16.0 Å². The second-order valence-electron chi connectivity index (χ2n) is 5.09. The largest absolute Gasteiger partial charge is 0.354 e. The van der Waals surface area contributed by atoms with Crippen LogP contribution in [0, 0.1) is 11.8 Å². The Morgan fingerprint density at radius 2 is 2.18 bits per heavy atom. The standard InChI is InChI=1S/C12H21N3O2/c1-8-6-13-7-9(8)11(16)15-10-4-2-3-5-14-12(10)17/h8-10,13H,2-7H2,1H3,(H,14,17)(H,15,16). The topological polar surface area (TPSA) is 70.2 Å². The summed E-state index contributed by atoms with van der Waals surface area (Å²) in [6, 6.07) is -0.335. The number of hydrogen-bond donors (Lipinski definition) is 3. The highest BCUT2D eigenvalue weighted by molar-refractivity contribution is 5.88. The summed E-state index contributed by atoms with van der Waals surface area (Å²) in [5.41, 5.74) is 0. The Labute approximate surface area is 102 Å². The van der Waals surface area contributed by atoms with Crippen LogP contribution in [0.15, 0.2) is 0 Å². The van der Waals surface area contributed by atoms with Gasteiger partial charge in [0.05, 0.1) is 5.92 Å². The fourth-order valence-corrected chi connectivity index (χ4v) is 2.52. The first-order valence-corrected chi connectivity index (χ1v) is 6.47.